The lowest BCUT2D eigenvalue weighted by Gasteiger charge is -2.32. The number of carbonyl (C=O) groups is 2. The van der Waals surface area contributed by atoms with Gasteiger partial charge < -0.3 is 32.3 Å². The molecular formula is C35H38Cl4F2N8O5S. The van der Waals surface area contributed by atoms with Crippen LogP contribution in [-0.4, -0.2) is 57.6 Å². The molecule has 296 valence electrons. The molecular weight excluding hydrogens is 824 g/mol. The number of nitrogens with zero attached hydrogens (tertiary/aromatic N) is 7. The van der Waals surface area contributed by atoms with E-state index in [1.54, 1.807) is 62.7 Å². The summed E-state index contributed by atoms with van der Waals surface area (Å²) in [7, 11) is 3.08. The van der Waals surface area contributed by atoms with Crippen molar-refractivity contribution in [3.8, 4) is 17.3 Å². The fourth-order valence-electron chi connectivity index (χ4n) is 5.25. The van der Waals surface area contributed by atoms with Crippen LogP contribution in [0.5, 0.6) is 0 Å². The molecule has 0 aliphatic carbocycles. The van der Waals surface area contributed by atoms with E-state index in [-0.39, 0.29) is 80.7 Å². The molecule has 2 aromatic carbocycles. The Hall–Kier alpha value is -4.47. The highest BCUT2D eigenvalue weighted by atomic mass is 35.5. The van der Waals surface area contributed by atoms with Gasteiger partial charge in [-0.15, -0.1) is 53.2 Å². The Labute approximate surface area is 345 Å². The van der Waals surface area contributed by atoms with Crippen molar-refractivity contribution in [2.75, 3.05) is 25.5 Å². The molecule has 20 heteroatoms. The first-order valence-corrected chi connectivity index (χ1v) is 16.6. The maximum Gasteiger partial charge on any atom is 0.418 e. The van der Waals surface area contributed by atoms with Crippen LogP contribution in [0.1, 0.15) is 47.7 Å². The van der Waals surface area contributed by atoms with Crippen LogP contribution < -0.4 is 27.2 Å². The van der Waals surface area contributed by atoms with Crippen molar-refractivity contribution in [1.29, 1.82) is 5.26 Å². The average Bonchev–Trinajstić information content (AvgIpc) is 3.82. The van der Waals surface area contributed by atoms with E-state index in [2.05, 4.69) is 21.5 Å². The van der Waals surface area contributed by atoms with Crippen molar-refractivity contribution in [2.24, 2.45) is 0 Å². The lowest BCUT2D eigenvalue weighted by molar-refractivity contribution is -0.753. The van der Waals surface area contributed by atoms with Gasteiger partial charge in [-0.3, -0.25) is 9.69 Å². The summed E-state index contributed by atoms with van der Waals surface area (Å²) in [5.41, 5.74) is 0.000750. The van der Waals surface area contributed by atoms with E-state index < -0.39 is 41.4 Å². The van der Waals surface area contributed by atoms with E-state index in [4.69, 9.17) is 19.7 Å². The summed E-state index contributed by atoms with van der Waals surface area (Å²) >= 11 is 1.25. The van der Waals surface area contributed by atoms with Gasteiger partial charge in [0, 0.05) is 53.3 Å². The molecule has 5 aromatic rings. The molecule has 0 saturated carbocycles. The Morgan fingerprint density at radius 3 is 2.53 bits per heavy atom. The molecule has 0 aliphatic heterocycles. The molecule has 1 unspecified atom stereocenters. The van der Waals surface area contributed by atoms with Gasteiger partial charge in [0.25, 0.3) is 6.33 Å². The summed E-state index contributed by atoms with van der Waals surface area (Å²) < 4.78 is 43.5. The first-order chi connectivity index (χ1) is 24.4. The maximum absolute atomic E-state index is 15.3. The lowest BCUT2D eigenvalue weighted by atomic mass is 9.82. The second kappa shape index (κ2) is 21.6. The topological polar surface area (TPSA) is 159 Å². The summed E-state index contributed by atoms with van der Waals surface area (Å²) in [6, 6.07) is 15.1. The summed E-state index contributed by atoms with van der Waals surface area (Å²) in [5.74, 6) is -2.64. The molecule has 0 aliphatic rings. The number of ether oxygens (including phenoxy) is 2. The third kappa shape index (κ3) is 11.5. The fourth-order valence-corrected chi connectivity index (χ4v) is 6.22. The number of likely N-dealkylation sites (N-methyl/N-ethyl adjacent to an activating group) is 1. The molecule has 0 bridgehead atoms. The van der Waals surface area contributed by atoms with Crippen LogP contribution in [0.15, 0.2) is 78.8 Å². The van der Waals surface area contributed by atoms with Gasteiger partial charge in [0.1, 0.15) is 36.2 Å². The van der Waals surface area contributed by atoms with E-state index in [9.17, 15) is 19.1 Å². The number of aromatic nitrogens is 5. The number of carbonyl (C=O) groups excluding carboxylic acids is 2. The second-order valence-corrected chi connectivity index (χ2v) is 12.5. The highest BCUT2D eigenvalue weighted by Gasteiger charge is 2.43. The summed E-state index contributed by atoms with van der Waals surface area (Å²) in [5, 5.41) is 30.6. The molecule has 3 aromatic heterocycles. The average molecular weight is 863 g/mol. The van der Waals surface area contributed by atoms with Crippen LogP contribution in [0.2, 0.25) is 0 Å². The van der Waals surface area contributed by atoms with E-state index in [0.29, 0.717) is 21.8 Å². The fraction of sp³-hybridized carbons (Fsp3) is 0.286. The highest BCUT2D eigenvalue weighted by molar-refractivity contribution is 7.10. The smallest absolute Gasteiger partial charge is 0.418 e. The molecule has 0 fully saturated rings. The third-order valence-corrected chi connectivity index (χ3v) is 9.20. The maximum atomic E-state index is 15.3. The van der Waals surface area contributed by atoms with Crippen molar-refractivity contribution < 1.29 is 49.9 Å². The van der Waals surface area contributed by atoms with Crippen LogP contribution >= 0.6 is 48.6 Å². The Morgan fingerprint density at radius 1 is 1.15 bits per heavy atom. The number of hydrogen-bond donors (Lipinski definition) is 2. The summed E-state index contributed by atoms with van der Waals surface area (Å²) in [6.07, 6.45) is 2.65. The SMILES string of the molecule is CNCC(=O)OCc1cccnc1N(C)C(=O)OC(C)[n+]1cnn(C[C@](O)(c2cc(F)ccc2F)[C@@H](C)c2nc(-c3ccc(C#N)cc3)cs2)c1.Cl.Cl.Cl.[Cl-]. The number of nitrogens with one attached hydrogen (secondary N) is 1. The van der Waals surface area contributed by atoms with Crippen molar-refractivity contribution in [3.63, 3.8) is 0 Å². The molecule has 0 spiro atoms. The quantitative estimate of drug-likeness (QED) is 0.133. The van der Waals surface area contributed by atoms with Gasteiger partial charge >= 0.3 is 12.1 Å². The largest absolute Gasteiger partial charge is 1.00 e. The number of benzene rings is 2. The Balaban J connectivity index is 0.00000378. The molecule has 3 atom stereocenters. The zero-order valence-corrected chi connectivity index (χ0v) is 33.8. The van der Waals surface area contributed by atoms with Crippen molar-refractivity contribution in [1.82, 2.24) is 25.1 Å². The number of anilines is 1. The Kier molecular flexibility index (Phi) is 19.0. The monoisotopic (exact) mass is 860 g/mol. The number of rotatable bonds is 13. The summed E-state index contributed by atoms with van der Waals surface area (Å²) in [4.78, 5) is 35.1. The van der Waals surface area contributed by atoms with E-state index in [1.165, 1.54) is 51.4 Å². The van der Waals surface area contributed by atoms with Gasteiger partial charge in [-0.05, 0) is 43.4 Å². The normalized spacial score (nSPS) is 12.5. The van der Waals surface area contributed by atoms with Gasteiger partial charge in [0.05, 0.1) is 28.9 Å². The molecule has 5 rings (SSSR count). The zero-order valence-electron chi connectivity index (χ0n) is 29.8. The number of thiazole rings is 1. The van der Waals surface area contributed by atoms with E-state index in [0.717, 1.165) is 23.8 Å². The van der Waals surface area contributed by atoms with Gasteiger partial charge in [-0.25, -0.2) is 23.5 Å². The molecule has 0 saturated heterocycles. The van der Waals surface area contributed by atoms with Crippen LogP contribution in [0.3, 0.4) is 0 Å². The van der Waals surface area contributed by atoms with Crippen LogP contribution in [0, 0.1) is 23.0 Å². The minimum absolute atomic E-state index is 0. The zero-order chi connectivity index (χ0) is 36.7. The number of amides is 1. The molecule has 3 heterocycles. The predicted molar refractivity (Wildman–Crippen MR) is 203 cm³/mol. The number of esters is 1. The Morgan fingerprint density at radius 2 is 1.85 bits per heavy atom. The Bertz CT molecular complexity index is 2070. The molecule has 0 radical (unpaired) electrons. The highest BCUT2D eigenvalue weighted by Crippen LogP contribution is 2.41. The molecule has 1 amide bonds. The lowest BCUT2D eigenvalue weighted by Crippen LogP contribution is -3.00. The first-order valence-electron chi connectivity index (χ1n) is 15.7. The van der Waals surface area contributed by atoms with Gasteiger partial charge in [-0.2, -0.15) is 9.83 Å². The summed E-state index contributed by atoms with van der Waals surface area (Å²) in [6.45, 7) is 2.85. The number of hydrogen-bond acceptors (Lipinski definition) is 11. The van der Waals surface area contributed by atoms with Crippen molar-refractivity contribution in [2.45, 2.75) is 44.7 Å². The minimum Gasteiger partial charge on any atom is -1.00 e. The standard InChI is InChI=1S/C35H35F2N8O5S.4ClH/c1-22(33-42-30(18-51-33)25-9-7-24(15-38)8-10-25)35(48,28-14-27(36)11-12-29(28)37)19-45-21-44(20-41-45)23(2)50-34(47)43(4)32-26(6-5-13-40-32)17-49-31(46)16-39-3;;;;/h5-14,18,20-23,39,48H,16-17,19H2,1-4H3;4*1H/q+1;;;;/p-1/t22-,23?,35+;;;;/m0..../s1. The van der Waals surface area contributed by atoms with Gasteiger partial charge in [0.2, 0.25) is 12.6 Å². The van der Waals surface area contributed by atoms with E-state index in [1.807, 2.05) is 0 Å². The number of aliphatic hydroxyl groups is 1. The molecule has 55 heavy (non-hydrogen) atoms. The molecule has 2 N–H and O–H groups in total. The van der Waals surface area contributed by atoms with Crippen molar-refractivity contribution >= 4 is 66.4 Å². The van der Waals surface area contributed by atoms with Crippen LogP contribution in [0.4, 0.5) is 19.4 Å². The first kappa shape index (κ1) is 48.5. The molecule has 13 nitrogen and oxygen atoms in total. The van der Waals surface area contributed by atoms with Gasteiger partial charge in [-0.1, -0.05) is 25.1 Å². The predicted octanol–water partition coefficient (Wildman–Crippen LogP) is 2.85. The van der Waals surface area contributed by atoms with Crippen LogP contribution in [0.25, 0.3) is 11.3 Å². The number of pyridine rings is 1. The van der Waals surface area contributed by atoms with Gasteiger partial charge in [0.15, 0.2) is 0 Å². The van der Waals surface area contributed by atoms with E-state index >= 15 is 4.39 Å². The van der Waals surface area contributed by atoms with Crippen molar-refractivity contribution in [3.05, 3.63) is 112 Å². The third-order valence-electron chi connectivity index (χ3n) is 8.18. The number of nitriles is 1. The number of halogens is 6. The second-order valence-electron chi connectivity index (χ2n) is 11.6. The van der Waals surface area contributed by atoms with Crippen LogP contribution in [-0.2, 0) is 33.0 Å². The minimum atomic E-state index is -2.04.